The third-order valence-corrected chi connectivity index (χ3v) is 1.37. The predicted octanol–water partition coefficient (Wildman–Crippen LogP) is 2.23. The van der Waals surface area contributed by atoms with E-state index in [-0.39, 0.29) is 13.0 Å². The Morgan fingerprint density at radius 2 is 2.00 bits per heavy atom. The average Bonchev–Trinajstić information content (AvgIpc) is 1.98. The van der Waals surface area contributed by atoms with Gasteiger partial charge >= 0.3 is 5.97 Å². The van der Waals surface area contributed by atoms with Gasteiger partial charge in [0.15, 0.2) is 11.6 Å². The molecule has 0 heterocycles. The molecule has 0 unspecified atom stereocenters. The molecule has 0 aromatic heterocycles. The lowest BCUT2D eigenvalue weighted by molar-refractivity contribution is -0.136. The summed E-state index contributed by atoms with van der Waals surface area (Å²) >= 11 is 0. The van der Waals surface area contributed by atoms with Gasteiger partial charge in [-0.3, -0.25) is 4.79 Å². The molecule has 0 aliphatic heterocycles. The van der Waals surface area contributed by atoms with Gasteiger partial charge in [-0.1, -0.05) is 19.6 Å². The van der Waals surface area contributed by atoms with E-state index in [0.717, 1.165) is 6.07 Å². The first kappa shape index (κ1) is 11.5. The molecule has 0 spiro atoms. The Kier molecular flexibility index (Phi) is 4.04. The van der Waals surface area contributed by atoms with Gasteiger partial charge in [-0.15, -0.1) is 0 Å². The van der Waals surface area contributed by atoms with E-state index in [1.807, 2.05) is 0 Å². The molecule has 0 aliphatic carbocycles. The second-order valence-corrected chi connectivity index (χ2v) is 2.28. The third-order valence-electron chi connectivity index (χ3n) is 1.37. The molecule has 1 rings (SSSR count). The Morgan fingerprint density at radius 3 is 2.54 bits per heavy atom. The van der Waals surface area contributed by atoms with Crippen molar-refractivity contribution in [1.29, 1.82) is 0 Å². The Hall–Kier alpha value is -1.45. The molecule has 0 aliphatic rings. The summed E-state index contributed by atoms with van der Waals surface area (Å²) in [5.74, 6) is -3.28. The number of hydrogen-bond acceptors (Lipinski definition) is 1. The zero-order valence-corrected chi connectivity index (χ0v) is 6.05. The highest BCUT2D eigenvalue weighted by Gasteiger charge is 2.09. The summed E-state index contributed by atoms with van der Waals surface area (Å²) in [6, 6.07) is 3.46. The van der Waals surface area contributed by atoms with Gasteiger partial charge in [-0.25, -0.2) is 8.78 Å². The average molecular weight is 188 g/mol. The van der Waals surface area contributed by atoms with Crippen molar-refractivity contribution in [3.8, 4) is 0 Å². The van der Waals surface area contributed by atoms with Crippen molar-refractivity contribution in [3.05, 3.63) is 35.4 Å². The quantitative estimate of drug-likeness (QED) is 0.772. The van der Waals surface area contributed by atoms with Crippen LogP contribution < -0.4 is 0 Å². The molecule has 2 nitrogen and oxygen atoms in total. The van der Waals surface area contributed by atoms with Crippen LogP contribution in [0.1, 0.15) is 13.0 Å². The van der Waals surface area contributed by atoms with Crippen LogP contribution >= 0.6 is 0 Å². The Labute approximate surface area is 74.8 Å². The first-order valence-electron chi connectivity index (χ1n) is 3.26. The number of halogens is 2. The van der Waals surface area contributed by atoms with Gasteiger partial charge in [0.25, 0.3) is 0 Å². The van der Waals surface area contributed by atoms with Gasteiger partial charge in [-0.2, -0.15) is 0 Å². The number of benzene rings is 1. The molecule has 13 heavy (non-hydrogen) atoms. The topological polar surface area (TPSA) is 37.3 Å². The third kappa shape index (κ3) is 2.82. The van der Waals surface area contributed by atoms with Gasteiger partial charge in [-0.05, 0) is 6.07 Å². The lowest BCUT2D eigenvalue weighted by atomic mass is 10.1. The molecular weight excluding hydrogens is 178 g/mol. The van der Waals surface area contributed by atoms with Crippen molar-refractivity contribution in [2.45, 2.75) is 13.8 Å². The van der Waals surface area contributed by atoms with Crippen molar-refractivity contribution in [3.63, 3.8) is 0 Å². The van der Waals surface area contributed by atoms with E-state index in [0.29, 0.717) is 0 Å². The summed E-state index contributed by atoms with van der Waals surface area (Å²) in [6.45, 7) is 0. The smallest absolute Gasteiger partial charge is 0.307 e. The Balaban J connectivity index is 0.00000144. The largest absolute Gasteiger partial charge is 0.481 e. The van der Waals surface area contributed by atoms with Crippen LogP contribution in [0.25, 0.3) is 0 Å². The van der Waals surface area contributed by atoms with Crippen molar-refractivity contribution in [2.75, 3.05) is 0 Å². The van der Waals surface area contributed by atoms with Crippen LogP contribution in [0.15, 0.2) is 18.2 Å². The van der Waals surface area contributed by atoms with E-state index in [9.17, 15) is 13.6 Å². The van der Waals surface area contributed by atoms with Crippen LogP contribution in [0, 0.1) is 11.6 Å². The fourth-order valence-electron chi connectivity index (χ4n) is 0.848. The van der Waals surface area contributed by atoms with Crippen molar-refractivity contribution in [1.82, 2.24) is 0 Å². The number of aliphatic carboxylic acids is 1. The molecule has 1 N–H and O–H groups in total. The summed E-state index contributed by atoms with van der Waals surface area (Å²) in [6.07, 6.45) is -0.496. The highest BCUT2D eigenvalue weighted by atomic mass is 19.2. The lowest BCUT2D eigenvalue weighted by Crippen LogP contribution is -2.03. The summed E-state index contributed by atoms with van der Waals surface area (Å²) in [5.41, 5.74) is -0.137. The van der Waals surface area contributed by atoms with E-state index in [1.54, 1.807) is 0 Å². The summed E-state index contributed by atoms with van der Waals surface area (Å²) in [5, 5.41) is 8.29. The molecule has 0 atom stereocenters. The predicted molar refractivity (Wildman–Crippen MR) is 44.4 cm³/mol. The second-order valence-electron chi connectivity index (χ2n) is 2.28. The fraction of sp³-hybridized carbons (Fsp3) is 0.222. The van der Waals surface area contributed by atoms with Gasteiger partial charge < -0.3 is 5.11 Å². The molecule has 72 valence electrons. The van der Waals surface area contributed by atoms with E-state index in [2.05, 4.69) is 0 Å². The number of hydrogen-bond donors (Lipinski definition) is 1. The summed E-state index contributed by atoms with van der Waals surface area (Å²) in [7, 11) is 0. The molecule has 0 radical (unpaired) electrons. The van der Waals surface area contributed by atoms with Crippen LogP contribution in [0.4, 0.5) is 8.78 Å². The highest BCUT2D eigenvalue weighted by Crippen LogP contribution is 2.11. The fourth-order valence-corrected chi connectivity index (χ4v) is 0.848. The van der Waals surface area contributed by atoms with Crippen LogP contribution in [-0.2, 0) is 11.2 Å². The Morgan fingerprint density at radius 1 is 1.38 bits per heavy atom. The number of carbonyl (C=O) groups is 1. The normalized spacial score (nSPS) is 9.08. The van der Waals surface area contributed by atoms with Crippen LogP contribution in [0.3, 0.4) is 0 Å². The summed E-state index contributed by atoms with van der Waals surface area (Å²) < 4.78 is 25.2. The number of rotatable bonds is 2. The first-order valence-corrected chi connectivity index (χ1v) is 3.26. The molecule has 0 fully saturated rings. The zero-order chi connectivity index (χ0) is 9.14. The van der Waals surface area contributed by atoms with Gasteiger partial charge in [0, 0.05) is 5.56 Å². The molecule has 4 heteroatoms. The van der Waals surface area contributed by atoms with E-state index in [1.165, 1.54) is 12.1 Å². The van der Waals surface area contributed by atoms with Gasteiger partial charge in [0.1, 0.15) is 0 Å². The molecule has 0 amide bonds. The minimum Gasteiger partial charge on any atom is -0.481 e. The molecule has 0 saturated heterocycles. The minimum atomic E-state index is -1.18. The van der Waals surface area contributed by atoms with E-state index < -0.39 is 24.0 Å². The minimum absolute atomic E-state index is 0. The van der Waals surface area contributed by atoms with Gasteiger partial charge in [0.2, 0.25) is 0 Å². The van der Waals surface area contributed by atoms with Crippen molar-refractivity contribution >= 4 is 5.97 Å². The maximum atomic E-state index is 12.7. The van der Waals surface area contributed by atoms with Crippen molar-refractivity contribution in [2.24, 2.45) is 0 Å². The first-order chi connectivity index (χ1) is 5.61. The maximum Gasteiger partial charge on any atom is 0.307 e. The number of carboxylic acids is 1. The van der Waals surface area contributed by atoms with Crippen LogP contribution in [0.5, 0.6) is 0 Å². The van der Waals surface area contributed by atoms with Crippen LogP contribution in [0.2, 0.25) is 0 Å². The SMILES string of the molecule is C.O=C(O)Cc1cccc(F)c1F. The lowest BCUT2D eigenvalue weighted by Gasteiger charge is -1.98. The zero-order valence-electron chi connectivity index (χ0n) is 6.05. The van der Waals surface area contributed by atoms with Crippen molar-refractivity contribution < 1.29 is 18.7 Å². The standard InChI is InChI=1S/C8H6F2O2.CH4/c9-6-3-1-2-5(8(6)10)4-7(11)12;/h1-3H,4H2,(H,11,12);1H4. The number of carboxylic acid groups (broad SMARTS) is 1. The summed E-state index contributed by atoms with van der Waals surface area (Å²) in [4.78, 5) is 10.1. The van der Waals surface area contributed by atoms with E-state index >= 15 is 0 Å². The molecular formula is C9H10F2O2. The van der Waals surface area contributed by atoms with Gasteiger partial charge in [0.05, 0.1) is 6.42 Å². The molecule has 1 aromatic carbocycles. The van der Waals surface area contributed by atoms with Crippen LogP contribution in [-0.4, -0.2) is 11.1 Å². The highest BCUT2D eigenvalue weighted by molar-refractivity contribution is 5.70. The monoisotopic (exact) mass is 188 g/mol. The maximum absolute atomic E-state index is 12.7. The Bertz CT molecular complexity index is 310. The molecule has 0 saturated carbocycles. The second kappa shape index (κ2) is 4.54. The molecule has 0 bridgehead atoms. The molecule has 1 aromatic rings. The van der Waals surface area contributed by atoms with E-state index in [4.69, 9.17) is 5.11 Å².